The molecular formula is C11H17ClO2. The number of allylic oxidation sites excluding steroid dienone is 1. The molecule has 0 unspecified atom stereocenters. The number of rotatable bonds is 3. The molecule has 0 aliphatic heterocycles. The predicted molar refractivity (Wildman–Crippen MR) is 57.4 cm³/mol. The molecule has 0 spiro atoms. The van der Waals surface area contributed by atoms with Gasteiger partial charge in [0.1, 0.15) is 0 Å². The molecule has 0 saturated heterocycles. The molecule has 0 amide bonds. The van der Waals surface area contributed by atoms with Gasteiger partial charge in [-0.25, -0.2) is 4.79 Å². The molecule has 1 rings (SSSR count). The fourth-order valence-electron chi connectivity index (χ4n) is 1.68. The van der Waals surface area contributed by atoms with E-state index in [1.807, 2.05) is 13.0 Å². The third-order valence-corrected chi connectivity index (χ3v) is 2.93. The Kier molecular flexibility index (Phi) is 5.02. The average molecular weight is 217 g/mol. The Hall–Kier alpha value is -0.500. The van der Waals surface area contributed by atoms with Crippen LogP contribution in [0.25, 0.3) is 0 Å². The summed E-state index contributed by atoms with van der Waals surface area (Å²) in [5.74, 6) is 0.273. The number of alkyl halides is 1. The number of halogens is 1. The van der Waals surface area contributed by atoms with E-state index in [0.29, 0.717) is 17.9 Å². The van der Waals surface area contributed by atoms with Crippen LogP contribution in [-0.4, -0.2) is 18.0 Å². The minimum atomic E-state index is -0.236. The van der Waals surface area contributed by atoms with Gasteiger partial charge in [0, 0.05) is 11.5 Å². The number of esters is 1. The normalized spacial score (nSPS) is 27.9. The maximum absolute atomic E-state index is 11.0. The Morgan fingerprint density at radius 2 is 2.07 bits per heavy atom. The quantitative estimate of drug-likeness (QED) is 0.412. The SMILES string of the molecule is CCOC(=O)/C=C/C1CCC(Cl)CC1. The van der Waals surface area contributed by atoms with Gasteiger partial charge in [-0.2, -0.15) is 0 Å². The number of hydrogen-bond donors (Lipinski definition) is 0. The van der Waals surface area contributed by atoms with E-state index in [0.717, 1.165) is 25.7 Å². The van der Waals surface area contributed by atoms with E-state index in [1.165, 1.54) is 0 Å². The van der Waals surface area contributed by atoms with Crippen molar-refractivity contribution in [2.75, 3.05) is 6.61 Å². The molecule has 0 atom stereocenters. The monoisotopic (exact) mass is 216 g/mol. The lowest BCUT2D eigenvalue weighted by molar-refractivity contribution is -0.137. The van der Waals surface area contributed by atoms with E-state index in [-0.39, 0.29) is 5.97 Å². The van der Waals surface area contributed by atoms with Gasteiger partial charge in [-0.1, -0.05) is 6.08 Å². The van der Waals surface area contributed by atoms with Gasteiger partial charge in [-0.3, -0.25) is 0 Å². The molecule has 14 heavy (non-hydrogen) atoms. The molecule has 0 aromatic rings. The van der Waals surface area contributed by atoms with Gasteiger partial charge >= 0.3 is 5.97 Å². The highest BCUT2D eigenvalue weighted by molar-refractivity contribution is 6.20. The average Bonchev–Trinajstić information content (AvgIpc) is 2.17. The lowest BCUT2D eigenvalue weighted by Gasteiger charge is -2.21. The van der Waals surface area contributed by atoms with Crippen LogP contribution in [0.1, 0.15) is 32.6 Å². The van der Waals surface area contributed by atoms with Crippen LogP contribution in [0.5, 0.6) is 0 Å². The van der Waals surface area contributed by atoms with E-state index in [1.54, 1.807) is 6.08 Å². The molecule has 0 bridgehead atoms. The smallest absolute Gasteiger partial charge is 0.330 e. The van der Waals surface area contributed by atoms with Crippen LogP contribution in [0.15, 0.2) is 12.2 Å². The zero-order chi connectivity index (χ0) is 10.4. The summed E-state index contributed by atoms with van der Waals surface area (Å²) in [4.78, 5) is 11.0. The van der Waals surface area contributed by atoms with Crippen LogP contribution in [-0.2, 0) is 9.53 Å². The minimum absolute atomic E-state index is 0.236. The van der Waals surface area contributed by atoms with Crippen LogP contribution in [0, 0.1) is 5.92 Å². The Morgan fingerprint density at radius 3 is 2.64 bits per heavy atom. The number of carbonyl (C=O) groups excluding carboxylic acids is 1. The standard InChI is InChI=1S/C11H17ClO2/c1-2-14-11(13)8-5-9-3-6-10(12)7-4-9/h5,8-10H,2-4,6-7H2,1H3/b8-5+. The topological polar surface area (TPSA) is 26.3 Å². The molecule has 0 aromatic heterocycles. The Bertz CT molecular complexity index is 205. The van der Waals surface area contributed by atoms with E-state index >= 15 is 0 Å². The first-order chi connectivity index (χ1) is 6.72. The van der Waals surface area contributed by atoms with Crippen molar-refractivity contribution < 1.29 is 9.53 Å². The van der Waals surface area contributed by atoms with Crippen molar-refractivity contribution in [3.8, 4) is 0 Å². The van der Waals surface area contributed by atoms with Gasteiger partial charge in [0.2, 0.25) is 0 Å². The van der Waals surface area contributed by atoms with Crippen LogP contribution >= 0.6 is 11.6 Å². The summed E-state index contributed by atoms with van der Waals surface area (Å²) in [6.07, 6.45) is 7.79. The summed E-state index contributed by atoms with van der Waals surface area (Å²) in [6.45, 7) is 2.25. The van der Waals surface area contributed by atoms with E-state index in [2.05, 4.69) is 0 Å². The van der Waals surface area contributed by atoms with Gasteiger partial charge in [-0.05, 0) is 38.5 Å². The predicted octanol–water partition coefficient (Wildman–Crippen LogP) is 2.90. The lowest BCUT2D eigenvalue weighted by Crippen LogP contribution is -2.13. The fraction of sp³-hybridized carbons (Fsp3) is 0.727. The lowest BCUT2D eigenvalue weighted by atomic mass is 9.89. The second-order valence-electron chi connectivity index (χ2n) is 3.62. The van der Waals surface area contributed by atoms with Crippen molar-refractivity contribution in [3.63, 3.8) is 0 Å². The van der Waals surface area contributed by atoms with E-state index in [9.17, 15) is 4.79 Å². The molecule has 2 nitrogen and oxygen atoms in total. The summed E-state index contributed by atoms with van der Waals surface area (Å²) in [5.41, 5.74) is 0. The maximum atomic E-state index is 11.0. The van der Waals surface area contributed by atoms with E-state index in [4.69, 9.17) is 16.3 Å². The third kappa shape index (κ3) is 4.14. The Morgan fingerprint density at radius 1 is 1.43 bits per heavy atom. The molecule has 1 aliphatic carbocycles. The first kappa shape index (κ1) is 11.6. The van der Waals surface area contributed by atoms with Gasteiger partial charge in [0.05, 0.1) is 6.61 Å². The Labute approximate surface area is 90.3 Å². The maximum Gasteiger partial charge on any atom is 0.330 e. The second-order valence-corrected chi connectivity index (χ2v) is 4.24. The zero-order valence-corrected chi connectivity index (χ0v) is 9.30. The molecule has 0 radical (unpaired) electrons. The number of ether oxygens (including phenoxy) is 1. The first-order valence-electron chi connectivity index (χ1n) is 5.21. The van der Waals surface area contributed by atoms with Gasteiger partial charge in [0.15, 0.2) is 0 Å². The molecule has 3 heteroatoms. The highest BCUT2D eigenvalue weighted by Gasteiger charge is 2.17. The van der Waals surface area contributed by atoms with Crippen molar-refractivity contribution in [2.24, 2.45) is 5.92 Å². The molecule has 1 fully saturated rings. The summed E-state index contributed by atoms with van der Waals surface area (Å²) in [5, 5.41) is 0.335. The third-order valence-electron chi connectivity index (χ3n) is 2.49. The van der Waals surface area contributed by atoms with Crippen molar-refractivity contribution in [1.82, 2.24) is 0 Å². The zero-order valence-electron chi connectivity index (χ0n) is 8.54. The molecule has 0 N–H and O–H groups in total. The largest absolute Gasteiger partial charge is 0.463 e. The van der Waals surface area contributed by atoms with Crippen molar-refractivity contribution in [3.05, 3.63) is 12.2 Å². The van der Waals surface area contributed by atoms with Crippen molar-refractivity contribution in [2.45, 2.75) is 38.0 Å². The Balaban J connectivity index is 2.26. The molecular weight excluding hydrogens is 200 g/mol. The highest BCUT2D eigenvalue weighted by Crippen LogP contribution is 2.28. The van der Waals surface area contributed by atoms with Crippen molar-refractivity contribution >= 4 is 17.6 Å². The van der Waals surface area contributed by atoms with Crippen LogP contribution in [0.2, 0.25) is 0 Å². The number of carbonyl (C=O) groups is 1. The highest BCUT2D eigenvalue weighted by atomic mass is 35.5. The van der Waals surface area contributed by atoms with Crippen LogP contribution < -0.4 is 0 Å². The summed E-state index contributed by atoms with van der Waals surface area (Å²) in [7, 11) is 0. The molecule has 0 aromatic carbocycles. The fourth-order valence-corrected chi connectivity index (χ4v) is 1.93. The van der Waals surface area contributed by atoms with Gasteiger partial charge in [0.25, 0.3) is 0 Å². The molecule has 1 saturated carbocycles. The first-order valence-corrected chi connectivity index (χ1v) is 5.65. The molecule has 1 aliphatic rings. The minimum Gasteiger partial charge on any atom is -0.463 e. The molecule has 80 valence electrons. The van der Waals surface area contributed by atoms with Crippen molar-refractivity contribution in [1.29, 1.82) is 0 Å². The second kappa shape index (κ2) is 6.07. The van der Waals surface area contributed by atoms with Crippen LogP contribution in [0.4, 0.5) is 0 Å². The van der Waals surface area contributed by atoms with Gasteiger partial charge < -0.3 is 4.74 Å². The summed E-state index contributed by atoms with van der Waals surface area (Å²) in [6, 6.07) is 0. The van der Waals surface area contributed by atoms with Crippen LogP contribution in [0.3, 0.4) is 0 Å². The number of hydrogen-bond acceptors (Lipinski definition) is 2. The van der Waals surface area contributed by atoms with E-state index < -0.39 is 0 Å². The summed E-state index contributed by atoms with van der Waals surface area (Å²) >= 11 is 5.98. The molecule has 0 heterocycles. The van der Waals surface area contributed by atoms with Gasteiger partial charge in [-0.15, -0.1) is 11.6 Å². The summed E-state index contributed by atoms with van der Waals surface area (Å²) < 4.78 is 4.80.